The van der Waals surface area contributed by atoms with Crippen LogP contribution in [0.15, 0.2) is 42.5 Å². The van der Waals surface area contributed by atoms with Crippen LogP contribution in [0.1, 0.15) is 82.0 Å². The minimum absolute atomic E-state index is 0.127. The molecule has 0 aromatic heterocycles. The van der Waals surface area contributed by atoms with E-state index in [1.165, 1.54) is 25.7 Å². The molecule has 0 aliphatic heterocycles. The zero-order valence-electron chi connectivity index (χ0n) is 15.8. The van der Waals surface area contributed by atoms with Crippen molar-refractivity contribution in [2.45, 2.75) is 83.8 Å². The number of hydrogen-bond acceptors (Lipinski definition) is 3. The quantitative estimate of drug-likeness (QED) is 0.284. The fourth-order valence-corrected chi connectivity index (χ4v) is 2.71. The summed E-state index contributed by atoms with van der Waals surface area (Å²) in [5.41, 5.74) is 0.589. The van der Waals surface area contributed by atoms with E-state index in [1.54, 1.807) is 19.1 Å². The van der Waals surface area contributed by atoms with Gasteiger partial charge >= 0.3 is 5.97 Å². The van der Waals surface area contributed by atoms with Gasteiger partial charge in [0.2, 0.25) is 0 Å². The van der Waals surface area contributed by atoms with E-state index in [0.29, 0.717) is 5.56 Å². The number of aliphatic hydroxyl groups excluding tert-OH is 1. The molecule has 0 aliphatic rings. The molecule has 0 saturated carbocycles. The molecule has 25 heavy (non-hydrogen) atoms. The van der Waals surface area contributed by atoms with Gasteiger partial charge in [-0.15, -0.1) is 0 Å². The van der Waals surface area contributed by atoms with Crippen molar-refractivity contribution in [3.63, 3.8) is 0 Å². The summed E-state index contributed by atoms with van der Waals surface area (Å²) in [6.45, 7) is 4.01. The predicted molar refractivity (Wildman–Crippen MR) is 104 cm³/mol. The van der Waals surface area contributed by atoms with E-state index in [0.717, 1.165) is 32.1 Å². The third kappa shape index (κ3) is 10.8. The number of esters is 1. The molecule has 1 rings (SSSR count). The van der Waals surface area contributed by atoms with Gasteiger partial charge in [-0.05, 0) is 51.2 Å². The topological polar surface area (TPSA) is 46.5 Å². The molecule has 0 heterocycles. The number of hydrogen-bond donors (Lipinski definition) is 1. The van der Waals surface area contributed by atoms with Crippen LogP contribution in [0, 0.1) is 0 Å². The monoisotopic (exact) mass is 346 g/mol. The summed E-state index contributed by atoms with van der Waals surface area (Å²) >= 11 is 0. The fourth-order valence-electron chi connectivity index (χ4n) is 2.71. The van der Waals surface area contributed by atoms with E-state index in [1.807, 2.05) is 18.2 Å². The molecule has 3 heteroatoms. The number of carbonyl (C=O) groups is 1. The third-order valence-electron chi connectivity index (χ3n) is 4.22. The van der Waals surface area contributed by atoms with Crippen molar-refractivity contribution in [2.24, 2.45) is 0 Å². The highest BCUT2D eigenvalue weighted by atomic mass is 16.5. The van der Waals surface area contributed by atoms with Crippen LogP contribution in [0.3, 0.4) is 0 Å². The van der Waals surface area contributed by atoms with Gasteiger partial charge in [0.25, 0.3) is 0 Å². The minimum Gasteiger partial charge on any atom is -0.458 e. The van der Waals surface area contributed by atoms with E-state index in [2.05, 4.69) is 19.1 Å². The molecule has 0 fully saturated rings. The molecular formula is C22H34O3. The van der Waals surface area contributed by atoms with Crippen molar-refractivity contribution in [3.8, 4) is 0 Å². The number of aliphatic hydroxyl groups is 1. The van der Waals surface area contributed by atoms with Crippen LogP contribution in [0.2, 0.25) is 0 Å². The lowest BCUT2D eigenvalue weighted by molar-refractivity contribution is 0.0276. The summed E-state index contributed by atoms with van der Waals surface area (Å²) < 4.78 is 5.69. The molecule has 2 unspecified atom stereocenters. The van der Waals surface area contributed by atoms with Crippen LogP contribution < -0.4 is 0 Å². The van der Waals surface area contributed by atoms with Crippen molar-refractivity contribution in [3.05, 3.63) is 48.0 Å². The first-order chi connectivity index (χ1) is 12.1. The number of unbranched alkanes of at least 4 members (excludes halogenated alkanes) is 4. The first-order valence-electron chi connectivity index (χ1n) is 9.72. The second kappa shape index (κ2) is 13.7. The lowest BCUT2D eigenvalue weighted by Crippen LogP contribution is -2.18. The highest BCUT2D eigenvalue weighted by molar-refractivity contribution is 5.89. The minimum atomic E-state index is -0.306. The summed E-state index contributed by atoms with van der Waals surface area (Å²) in [5, 5.41) is 9.42. The van der Waals surface area contributed by atoms with Gasteiger partial charge in [0.1, 0.15) is 6.10 Å². The van der Waals surface area contributed by atoms with Crippen LogP contribution >= 0.6 is 0 Å². The Kier molecular flexibility index (Phi) is 11.7. The van der Waals surface area contributed by atoms with E-state index in [-0.39, 0.29) is 18.2 Å². The van der Waals surface area contributed by atoms with Gasteiger partial charge in [-0.1, -0.05) is 56.5 Å². The van der Waals surface area contributed by atoms with Crippen molar-refractivity contribution in [2.75, 3.05) is 0 Å². The van der Waals surface area contributed by atoms with Crippen LogP contribution in [-0.4, -0.2) is 23.3 Å². The average molecular weight is 347 g/mol. The first kappa shape index (κ1) is 21.4. The van der Waals surface area contributed by atoms with Gasteiger partial charge in [-0.2, -0.15) is 0 Å². The van der Waals surface area contributed by atoms with Gasteiger partial charge in [0.05, 0.1) is 11.7 Å². The number of carbonyl (C=O) groups excluding carboxylic acids is 1. The molecule has 1 N–H and O–H groups in total. The Bertz CT molecular complexity index is 479. The van der Waals surface area contributed by atoms with Crippen molar-refractivity contribution >= 4 is 5.97 Å². The third-order valence-corrected chi connectivity index (χ3v) is 4.22. The Morgan fingerprint density at radius 2 is 1.84 bits per heavy atom. The molecule has 0 bridgehead atoms. The van der Waals surface area contributed by atoms with Crippen molar-refractivity contribution < 1.29 is 14.6 Å². The molecule has 0 saturated heterocycles. The number of allylic oxidation sites excluding steroid dienone is 1. The maximum Gasteiger partial charge on any atom is 0.338 e. The van der Waals surface area contributed by atoms with Crippen LogP contribution in [0.5, 0.6) is 0 Å². The maximum atomic E-state index is 12.3. The largest absolute Gasteiger partial charge is 0.458 e. The van der Waals surface area contributed by atoms with E-state index in [9.17, 15) is 9.90 Å². The number of ether oxygens (including phenoxy) is 1. The van der Waals surface area contributed by atoms with Gasteiger partial charge in [0.15, 0.2) is 0 Å². The second-order valence-electron chi connectivity index (χ2n) is 6.73. The molecule has 3 nitrogen and oxygen atoms in total. The Morgan fingerprint density at radius 3 is 2.52 bits per heavy atom. The first-order valence-corrected chi connectivity index (χ1v) is 9.72. The molecule has 0 radical (unpaired) electrons. The molecule has 140 valence electrons. The molecular weight excluding hydrogens is 312 g/mol. The van der Waals surface area contributed by atoms with Gasteiger partial charge in [-0.3, -0.25) is 0 Å². The van der Waals surface area contributed by atoms with E-state index >= 15 is 0 Å². The lowest BCUT2D eigenvalue weighted by Gasteiger charge is -2.17. The van der Waals surface area contributed by atoms with Gasteiger partial charge in [-0.25, -0.2) is 4.79 Å². The zero-order valence-corrected chi connectivity index (χ0v) is 15.8. The van der Waals surface area contributed by atoms with E-state index < -0.39 is 0 Å². The van der Waals surface area contributed by atoms with Crippen LogP contribution in [0.4, 0.5) is 0 Å². The molecule has 0 aliphatic carbocycles. The summed E-state index contributed by atoms with van der Waals surface area (Å²) in [6.07, 6.45) is 13.2. The lowest BCUT2D eigenvalue weighted by atomic mass is 10.1. The standard InChI is InChI=1S/C22H34O3/c1-3-4-5-6-7-8-12-17-21(18-13-14-19(2)23)25-22(24)20-15-10-9-11-16-20/h8-12,15-16,19,21,23H,3-7,13-14,17-18H2,1-2H3. The van der Waals surface area contributed by atoms with Gasteiger partial charge in [0, 0.05) is 6.42 Å². The summed E-state index contributed by atoms with van der Waals surface area (Å²) in [4.78, 5) is 12.3. The molecule has 0 spiro atoms. The highest BCUT2D eigenvalue weighted by Gasteiger charge is 2.15. The zero-order chi connectivity index (χ0) is 18.3. The Hall–Kier alpha value is -1.61. The molecule has 1 aromatic carbocycles. The maximum absolute atomic E-state index is 12.3. The Morgan fingerprint density at radius 1 is 1.08 bits per heavy atom. The van der Waals surface area contributed by atoms with Crippen molar-refractivity contribution in [1.82, 2.24) is 0 Å². The van der Waals surface area contributed by atoms with Crippen LogP contribution in [0.25, 0.3) is 0 Å². The fraction of sp³-hybridized carbons (Fsp3) is 0.591. The van der Waals surface area contributed by atoms with Crippen molar-refractivity contribution in [1.29, 1.82) is 0 Å². The summed E-state index contributed by atoms with van der Waals surface area (Å²) in [7, 11) is 0. The Labute approximate surface area is 153 Å². The number of benzene rings is 1. The van der Waals surface area contributed by atoms with E-state index in [4.69, 9.17) is 4.74 Å². The predicted octanol–water partition coefficient (Wildman–Crippen LogP) is 5.68. The SMILES string of the molecule is CCCCCCC=CCC(CCCC(C)O)OC(=O)c1ccccc1. The Balaban J connectivity index is 2.45. The summed E-state index contributed by atoms with van der Waals surface area (Å²) in [6, 6.07) is 9.13. The molecule has 2 atom stereocenters. The second-order valence-corrected chi connectivity index (χ2v) is 6.73. The summed E-state index contributed by atoms with van der Waals surface area (Å²) in [5.74, 6) is -0.265. The highest BCUT2D eigenvalue weighted by Crippen LogP contribution is 2.15. The molecule has 1 aromatic rings. The van der Waals surface area contributed by atoms with Gasteiger partial charge < -0.3 is 9.84 Å². The molecule has 0 amide bonds. The number of rotatable bonds is 13. The van der Waals surface area contributed by atoms with Crippen LogP contribution in [-0.2, 0) is 4.74 Å². The normalized spacial score (nSPS) is 13.7. The average Bonchev–Trinajstić information content (AvgIpc) is 2.61. The smallest absolute Gasteiger partial charge is 0.338 e.